The van der Waals surface area contributed by atoms with E-state index in [1.54, 1.807) is 12.1 Å². The Labute approximate surface area is 115 Å². The third kappa shape index (κ3) is 4.17. The lowest BCUT2D eigenvalue weighted by Crippen LogP contribution is -2.41. The van der Waals surface area contributed by atoms with Crippen molar-refractivity contribution >= 4 is 23.8 Å². The summed E-state index contributed by atoms with van der Waals surface area (Å²) in [4.78, 5) is 22.3. The number of benzene rings is 1. The van der Waals surface area contributed by atoms with Crippen LogP contribution in [0.2, 0.25) is 0 Å². The van der Waals surface area contributed by atoms with Crippen molar-refractivity contribution in [3.63, 3.8) is 0 Å². The first kappa shape index (κ1) is 13.7. The van der Waals surface area contributed by atoms with E-state index in [1.165, 1.54) is 12.1 Å². The van der Waals surface area contributed by atoms with Crippen LogP contribution in [-0.2, 0) is 6.54 Å². The average molecular weight is 280 g/mol. The maximum atomic E-state index is 11.6. The quantitative estimate of drug-likeness (QED) is 0.784. The van der Waals surface area contributed by atoms with Crippen molar-refractivity contribution in [1.82, 2.24) is 10.6 Å². The number of carboxylic acids is 1. The number of carboxylic acid groups (broad SMARTS) is 1. The Balaban J connectivity index is 1.77. The summed E-state index contributed by atoms with van der Waals surface area (Å²) in [6.07, 6.45) is 1.02. The Morgan fingerprint density at radius 2 is 2.05 bits per heavy atom. The van der Waals surface area contributed by atoms with E-state index < -0.39 is 5.97 Å². The molecule has 1 heterocycles. The lowest BCUT2D eigenvalue weighted by Gasteiger charge is -2.12. The van der Waals surface area contributed by atoms with Crippen LogP contribution in [0, 0.1) is 0 Å². The third-order valence-electron chi connectivity index (χ3n) is 2.92. The van der Waals surface area contributed by atoms with E-state index in [0.717, 1.165) is 23.5 Å². The molecule has 0 radical (unpaired) electrons. The van der Waals surface area contributed by atoms with Crippen molar-refractivity contribution in [2.45, 2.75) is 19.0 Å². The fourth-order valence-corrected chi connectivity index (χ4v) is 2.98. The second-order valence-corrected chi connectivity index (χ2v) is 5.54. The largest absolute Gasteiger partial charge is 0.478 e. The Morgan fingerprint density at radius 1 is 1.32 bits per heavy atom. The highest BCUT2D eigenvalue weighted by atomic mass is 32.2. The molecule has 0 saturated carbocycles. The fourth-order valence-electron chi connectivity index (χ4n) is 1.83. The lowest BCUT2D eigenvalue weighted by atomic mass is 10.1. The van der Waals surface area contributed by atoms with Gasteiger partial charge in [0.1, 0.15) is 0 Å². The van der Waals surface area contributed by atoms with Gasteiger partial charge in [-0.05, 0) is 29.9 Å². The van der Waals surface area contributed by atoms with Crippen molar-refractivity contribution in [2.24, 2.45) is 0 Å². The van der Waals surface area contributed by atoms with Gasteiger partial charge >= 0.3 is 12.0 Å². The van der Waals surface area contributed by atoms with Crippen LogP contribution in [-0.4, -0.2) is 34.7 Å². The van der Waals surface area contributed by atoms with E-state index >= 15 is 0 Å². The normalized spacial score (nSPS) is 18.0. The van der Waals surface area contributed by atoms with Crippen LogP contribution in [0.1, 0.15) is 22.3 Å². The van der Waals surface area contributed by atoms with Gasteiger partial charge in [0, 0.05) is 18.3 Å². The van der Waals surface area contributed by atoms with Gasteiger partial charge in [0.25, 0.3) is 0 Å². The number of carbonyl (C=O) groups excluding carboxylic acids is 1. The zero-order valence-corrected chi connectivity index (χ0v) is 11.2. The SMILES string of the molecule is O=C(NCc1ccc(C(=O)O)cc1)NC1CCSC1. The Bertz CT molecular complexity index is 455. The average Bonchev–Trinajstić information content (AvgIpc) is 2.89. The number of thioether (sulfide) groups is 1. The molecule has 1 aromatic carbocycles. The van der Waals surface area contributed by atoms with Gasteiger partial charge in [-0.25, -0.2) is 9.59 Å². The van der Waals surface area contributed by atoms with Crippen LogP contribution in [0.3, 0.4) is 0 Å². The number of nitrogens with one attached hydrogen (secondary N) is 2. The summed E-state index contributed by atoms with van der Waals surface area (Å²) in [6, 6.07) is 6.56. The topological polar surface area (TPSA) is 78.4 Å². The number of urea groups is 1. The molecule has 3 N–H and O–H groups in total. The molecule has 1 aromatic rings. The van der Waals surface area contributed by atoms with Crippen molar-refractivity contribution in [1.29, 1.82) is 0 Å². The van der Waals surface area contributed by atoms with Gasteiger partial charge in [-0.3, -0.25) is 0 Å². The van der Waals surface area contributed by atoms with E-state index in [2.05, 4.69) is 10.6 Å². The van der Waals surface area contributed by atoms with Gasteiger partial charge in [-0.2, -0.15) is 11.8 Å². The summed E-state index contributed by atoms with van der Waals surface area (Å²) < 4.78 is 0. The van der Waals surface area contributed by atoms with Crippen LogP contribution in [0.15, 0.2) is 24.3 Å². The molecule has 0 bridgehead atoms. The highest BCUT2D eigenvalue weighted by molar-refractivity contribution is 7.99. The molecular weight excluding hydrogens is 264 g/mol. The predicted octanol–water partition coefficient (Wildman–Crippen LogP) is 1.69. The van der Waals surface area contributed by atoms with Gasteiger partial charge < -0.3 is 15.7 Å². The number of carbonyl (C=O) groups is 2. The maximum absolute atomic E-state index is 11.6. The Morgan fingerprint density at radius 3 is 2.63 bits per heavy atom. The van der Waals surface area contributed by atoms with Gasteiger partial charge in [0.2, 0.25) is 0 Å². The summed E-state index contributed by atoms with van der Waals surface area (Å²) in [6.45, 7) is 0.394. The lowest BCUT2D eigenvalue weighted by molar-refractivity contribution is 0.0697. The van der Waals surface area contributed by atoms with E-state index in [9.17, 15) is 9.59 Å². The van der Waals surface area contributed by atoms with E-state index in [0.29, 0.717) is 6.54 Å². The van der Waals surface area contributed by atoms with Crippen molar-refractivity contribution < 1.29 is 14.7 Å². The molecule has 0 aliphatic carbocycles. The van der Waals surface area contributed by atoms with Crippen molar-refractivity contribution in [2.75, 3.05) is 11.5 Å². The molecule has 1 saturated heterocycles. The minimum Gasteiger partial charge on any atom is -0.478 e. The minimum atomic E-state index is -0.948. The molecule has 2 amide bonds. The zero-order valence-electron chi connectivity index (χ0n) is 10.4. The summed E-state index contributed by atoms with van der Waals surface area (Å²) >= 11 is 1.84. The summed E-state index contributed by atoms with van der Waals surface area (Å²) in [5.41, 5.74) is 1.12. The molecule has 1 atom stereocenters. The maximum Gasteiger partial charge on any atom is 0.335 e. The zero-order chi connectivity index (χ0) is 13.7. The summed E-state index contributed by atoms with van der Waals surface area (Å²) in [7, 11) is 0. The highest BCUT2D eigenvalue weighted by Gasteiger charge is 2.17. The second-order valence-electron chi connectivity index (χ2n) is 4.39. The van der Waals surface area contributed by atoms with Crippen LogP contribution in [0.5, 0.6) is 0 Å². The standard InChI is InChI=1S/C13H16N2O3S/c16-12(17)10-3-1-9(2-4-10)7-14-13(18)15-11-5-6-19-8-11/h1-4,11H,5-8H2,(H,16,17)(H2,14,15,18). The Kier molecular flexibility index (Phi) is 4.68. The molecule has 6 heteroatoms. The van der Waals surface area contributed by atoms with Crippen LogP contribution in [0.4, 0.5) is 4.79 Å². The monoisotopic (exact) mass is 280 g/mol. The first-order chi connectivity index (χ1) is 9.15. The first-order valence-electron chi connectivity index (χ1n) is 6.09. The Hall–Kier alpha value is -1.69. The molecule has 19 heavy (non-hydrogen) atoms. The number of hydrogen-bond acceptors (Lipinski definition) is 3. The van der Waals surface area contributed by atoms with E-state index in [4.69, 9.17) is 5.11 Å². The number of aromatic carboxylic acids is 1. The smallest absolute Gasteiger partial charge is 0.335 e. The minimum absolute atomic E-state index is 0.171. The molecule has 0 aromatic heterocycles. The highest BCUT2D eigenvalue weighted by Crippen LogP contribution is 2.16. The van der Waals surface area contributed by atoms with Gasteiger partial charge in [0.05, 0.1) is 5.56 Å². The molecule has 1 fully saturated rings. The number of hydrogen-bond donors (Lipinski definition) is 3. The van der Waals surface area contributed by atoms with Crippen LogP contribution in [0.25, 0.3) is 0 Å². The van der Waals surface area contributed by atoms with E-state index in [1.807, 2.05) is 11.8 Å². The van der Waals surface area contributed by atoms with E-state index in [-0.39, 0.29) is 17.6 Å². The van der Waals surface area contributed by atoms with Crippen LogP contribution < -0.4 is 10.6 Å². The van der Waals surface area contributed by atoms with Gasteiger partial charge in [0.15, 0.2) is 0 Å². The third-order valence-corrected chi connectivity index (χ3v) is 4.08. The molecule has 102 valence electrons. The molecule has 2 rings (SSSR count). The number of amides is 2. The second kappa shape index (κ2) is 6.47. The predicted molar refractivity (Wildman–Crippen MR) is 74.5 cm³/mol. The van der Waals surface area contributed by atoms with Crippen molar-refractivity contribution in [3.8, 4) is 0 Å². The molecule has 5 nitrogen and oxygen atoms in total. The molecule has 0 spiro atoms. The molecule has 1 unspecified atom stereocenters. The van der Waals surface area contributed by atoms with Crippen LogP contribution >= 0.6 is 11.8 Å². The molecule has 1 aliphatic rings. The summed E-state index contributed by atoms with van der Waals surface area (Å²) in [5.74, 6) is 1.12. The molecule has 1 aliphatic heterocycles. The fraction of sp³-hybridized carbons (Fsp3) is 0.385. The first-order valence-corrected chi connectivity index (χ1v) is 7.25. The summed E-state index contributed by atoms with van der Waals surface area (Å²) in [5, 5.41) is 14.5. The van der Waals surface area contributed by atoms with Gasteiger partial charge in [-0.15, -0.1) is 0 Å². The number of rotatable bonds is 4. The van der Waals surface area contributed by atoms with Gasteiger partial charge in [-0.1, -0.05) is 12.1 Å². The molecular formula is C13H16N2O3S. The van der Waals surface area contributed by atoms with Crippen molar-refractivity contribution in [3.05, 3.63) is 35.4 Å².